The molecule has 0 aromatic heterocycles. The highest BCUT2D eigenvalue weighted by molar-refractivity contribution is 9.13. The van der Waals surface area contributed by atoms with E-state index in [4.69, 9.17) is 0 Å². The van der Waals surface area contributed by atoms with E-state index in [1.165, 1.54) is 11.8 Å². The number of hydrogen-bond acceptors (Lipinski definition) is 1. The smallest absolute Gasteiger partial charge is 0.152 e. The lowest BCUT2D eigenvalue weighted by Gasteiger charge is -2.04. The van der Waals surface area contributed by atoms with E-state index >= 15 is 0 Å². The number of benzene rings is 1. The molecular weight excluding hydrogens is 314 g/mol. The van der Waals surface area contributed by atoms with Crippen LogP contribution in [0.5, 0.6) is 0 Å². The Kier molecular flexibility index (Phi) is 3.55. The van der Waals surface area contributed by atoms with Gasteiger partial charge in [-0.3, -0.25) is 0 Å². The van der Waals surface area contributed by atoms with E-state index in [2.05, 4.69) is 31.9 Å². The molecule has 0 nitrogen and oxygen atoms in total. The van der Waals surface area contributed by atoms with Crippen molar-refractivity contribution in [2.45, 2.75) is 4.90 Å². The summed E-state index contributed by atoms with van der Waals surface area (Å²) in [5, 5.41) is 0. The van der Waals surface area contributed by atoms with Gasteiger partial charge in [0, 0.05) is 4.90 Å². The Labute approximate surface area is 90.0 Å². The van der Waals surface area contributed by atoms with E-state index in [0.29, 0.717) is 4.90 Å². The summed E-state index contributed by atoms with van der Waals surface area (Å²) < 4.78 is 26.4. The Morgan fingerprint density at radius 1 is 1.25 bits per heavy atom. The lowest BCUT2D eigenvalue weighted by atomic mass is 10.3. The Morgan fingerprint density at radius 2 is 1.83 bits per heavy atom. The van der Waals surface area contributed by atoms with Crippen molar-refractivity contribution < 1.29 is 8.78 Å². The van der Waals surface area contributed by atoms with Crippen LogP contribution in [0, 0.1) is 11.6 Å². The van der Waals surface area contributed by atoms with Gasteiger partial charge in [-0.2, -0.15) is 0 Å². The molecule has 0 radical (unpaired) electrons. The first kappa shape index (κ1) is 10.5. The second-order valence-electron chi connectivity index (χ2n) is 2.00. The molecule has 0 aliphatic rings. The van der Waals surface area contributed by atoms with E-state index in [1.807, 2.05) is 0 Å². The monoisotopic (exact) mass is 316 g/mol. The topological polar surface area (TPSA) is 0 Å². The first-order valence-corrected chi connectivity index (χ1v) is 5.76. The summed E-state index contributed by atoms with van der Waals surface area (Å²) in [6, 6.07) is 1.16. The SMILES string of the molecule is CSc1cc(F)c(Br)c(Br)c1F. The van der Waals surface area contributed by atoms with E-state index in [1.54, 1.807) is 6.26 Å². The van der Waals surface area contributed by atoms with Gasteiger partial charge < -0.3 is 0 Å². The van der Waals surface area contributed by atoms with Gasteiger partial charge in [0.15, 0.2) is 5.82 Å². The number of rotatable bonds is 1. The molecule has 0 bridgehead atoms. The molecule has 5 heteroatoms. The molecule has 0 N–H and O–H groups in total. The van der Waals surface area contributed by atoms with Crippen molar-refractivity contribution in [3.8, 4) is 0 Å². The highest BCUT2D eigenvalue weighted by atomic mass is 79.9. The third-order valence-electron chi connectivity index (χ3n) is 1.29. The lowest BCUT2D eigenvalue weighted by Crippen LogP contribution is -1.88. The Hall–Kier alpha value is 0.390. The summed E-state index contributed by atoms with van der Waals surface area (Å²) in [5.74, 6) is -0.900. The van der Waals surface area contributed by atoms with Crippen LogP contribution in [-0.2, 0) is 0 Å². The zero-order valence-corrected chi connectivity index (χ0v) is 9.99. The molecule has 0 heterocycles. The molecule has 0 saturated heterocycles. The van der Waals surface area contributed by atoms with Gasteiger partial charge >= 0.3 is 0 Å². The molecular formula is C7H4Br2F2S. The second kappa shape index (κ2) is 4.07. The van der Waals surface area contributed by atoms with Crippen LogP contribution < -0.4 is 0 Å². The molecule has 0 saturated carbocycles. The van der Waals surface area contributed by atoms with Gasteiger partial charge in [0.2, 0.25) is 0 Å². The van der Waals surface area contributed by atoms with Crippen molar-refractivity contribution in [1.82, 2.24) is 0 Å². The summed E-state index contributed by atoms with van der Waals surface area (Å²) in [4.78, 5) is 0.294. The van der Waals surface area contributed by atoms with Gasteiger partial charge in [0.1, 0.15) is 5.82 Å². The van der Waals surface area contributed by atoms with Gasteiger partial charge in [0.25, 0.3) is 0 Å². The molecule has 0 aliphatic heterocycles. The maximum atomic E-state index is 13.2. The third-order valence-corrected chi connectivity index (χ3v) is 4.08. The summed E-state index contributed by atoms with van der Waals surface area (Å²) in [7, 11) is 0. The van der Waals surface area contributed by atoms with Crippen molar-refractivity contribution in [3.63, 3.8) is 0 Å². The Morgan fingerprint density at radius 3 is 2.33 bits per heavy atom. The Balaban J connectivity index is 3.39. The van der Waals surface area contributed by atoms with Crippen molar-refractivity contribution >= 4 is 43.6 Å². The minimum Gasteiger partial charge on any atom is -0.206 e. The van der Waals surface area contributed by atoms with Crippen molar-refractivity contribution in [1.29, 1.82) is 0 Å². The zero-order valence-electron chi connectivity index (χ0n) is 6.00. The normalized spacial score (nSPS) is 10.4. The lowest BCUT2D eigenvalue weighted by molar-refractivity contribution is 0.566. The molecule has 0 amide bonds. The molecule has 0 aliphatic carbocycles. The first-order chi connectivity index (χ1) is 5.57. The second-order valence-corrected chi connectivity index (χ2v) is 4.44. The fraction of sp³-hybridized carbons (Fsp3) is 0.143. The molecule has 1 rings (SSSR count). The fourth-order valence-electron chi connectivity index (χ4n) is 0.700. The maximum Gasteiger partial charge on any atom is 0.152 e. The van der Waals surface area contributed by atoms with Crippen molar-refractivity contribution in [2.24, 2.45) is 0 Å². The van der Waals surface area contributed by atoms with Crippen molar-refractivity contribution in [3.05, 3.63) is 26.6 Å². The van der Waals surface area contributed by atoms with E-state index in [9.17, 15) is 8.78 Å². The largest absolute Gasteiger partial charge is 0.206 e. The third kappa shape index (κ3) is 1.83. The van der Waals surface area contributed by atoms with Crippen LogP contribution in [0.25, 0.3) is 0 Å². The van der Waals surface area contributed by atoms with Crippen LogP contribution in [0.1, 0.15) is 0 Å². The van der Waals surface area contributed by atoms with Gasteiger partial charge in [-0.1, -0.05) is 0 Å². The first-order valence-electron chi connectivity index (χ1n) is 2.95. The van der Waals surface area contributed by atoms with Gasteiger partial charge in [-0.05, 0) is 44.2 Å². The predicted molar refractivity (Wildman–Crippen MR) is 53.5 cm³/mol. The van der Waals surface area contributed by atoms with Crippen LogP contribution in [0.3, 0.4) is 0 Å². The molecule has 0 spiro atoms. The molecule has 1 aromatic rings. The van der Waals surface area contributed by atoms with E-state index < -0.39 is 11.6 Å². The van der Waals surface area contributed by atoms with Crippen LogP contribution in [0.4, 0.5) is 8.78 Å². The summed E-state index contributed by atoms with van der Waals surface area (Å²) in [5.41, 5.74) is 0. The van der Waals surface area contributed by atoms with Gasteiger partial charge in [0.05, 0.1) is 8.95 Å². The molecule has 66 valence electrons. The fourth-order valence-corrected chi connectivity index (χ4v) is 2.03. The molecule has 0 atom stereocenters. The zero-order chi connectivity index (χ0) is 9.30. The van der Waals surface area contributed by atoms with E-state index in [-0.39, 0.29) is 8.95 Å². The molecule has 12 heavy (non-hydrogen) atoms. The van der Waals surface area contributed by atoms with Crippen LogP contribution in [-0.4, -0.2) is 6.26 Å². The van der Waals surface area contributed by atoms with Crippen LogP contribution in [0.15, 0.2) is 19.9 Å². The summed E-state index contributed by atoms with van der Waals surface area (Å²) in [6.07, 6.45) is 1.69. The van der Waals surface area contributed by atoms with Crippen LogP contribution in [0.2, 0.25) is 0 Å². The van der Waals surface area contributed by atoms with Gasteiger partial charge in [-0.15, -0.1) is 11.8 Å². The highest BCUT2D eigenvalue weighted by Gasteiger charge is 2.13. The molecule has 1 aromatic carbocycles. The highest BCUT2D eigenvalue weighted by Crippen LogP contribution is 2.34. The predicted octanol–water partition coefficient (Wildman–Crippen LogP) is 4.21. The average molecular weight is 318 g/mol. The average Bonchev–Trinajstić information content (AvgIpc) is 2.08. The van der Waals surface area contributed by atoms with Gasteiger partial charge in [-0.25, -0.2) is 8.78 Å². The minimum absolute atomic E-state index is 0.123. The number of hydrogen-bond donors (Lipinski definition) is 0. The maximum absolute atomic E-state index is 13.2. The summed E-state index contributed by atoms with van der Waals surface area (Å²) >= 11 is 7.04. The minimum atomic E-state index is -0.465. The quantitative estimate of drug-likeness (QED) is 0.425. The van der Waals surface area contributed by atoms with E-state index in [0.717, 1.165) is 6.07 Å². The number of thioether (sulfide) groups is 1. The Bertz CT molecular complexity index is 315. The summed E-state index contributed by atoms with van der Waals surface area (Å²) in [6.45, 7) is 0. The molecule has 0 fully saturated rings. The van der Waals surface area contributed by atoms with Crippen molar-refractivity contribution in [2.75, 3.05) is 6.26 Å². The number of halogens is 4. The standard InChI is InChI=1S/C7H4Br2F2S/c1-12-4-2-3(10)5(8)6(9)7(4)11/h2H,1H3. The van der Waals surface area contributed by atoms with Crippen LogP contribution >= 0.6 is 43.6 Å². The molecule has 0 unspecified atom stereocenters.